The standard InChI is InChI=1S/C11H13ClN2O4/c1-3-7-13(18-2)11(15)8-5-4-6-9(12)10(8)14(16)17/h4-6H,3,7H2,1-2H3. The van der Waals surface area contributed by atoms with Gasteiger partial charge in [0.2, 0.25) is 0 Å². The number of halogens is 1. The Morgan fingerprint density at radius 3 is 2.72 bits per heavy atom. The maximum atomic E-state index is 12.1. The lowest BCUT2D eigenvalue weighted by Crippen LogP contribution is -2.31. The number of benzene rings is 1. The third kappa shape index (κ3) is 2.96. The third-order valence-corrected chi connectivity index (χ3v) is 2.58. The summed E-state index contributed by atoms with van der Waals surface area (Å²) in [4.78, 5) is 27.2. The molecular formula is C11H13ClN2O4. The molecule has 0 heterocycles. The van der Waals surface area contributed by atoms with Crippen LogP contribution in [-0.4, -0.2) is 29.5 Å². The van der Waals surface area contributed by atoms with E-state index in [9.17, 15) is 14.9 Å². The summed E-state index contributed by atoms with van der Waals surface area (Å²) in [5.41, 5.74) is -0.481. The van der Waals surface area contributed by atoms with Gasteiger partial charge in [0.1, 0.15) is 10.6 Å². The number of amides is 1. The van der Waals surface area contributed by atoms with Gasteiger partial charge in [0.15, 0.2) is 0 Å². The molecule has 98 valence electrons. The SMILES string of the molecule is CCCN(OC)C(=O)c1cccc(Cl)c1[N+](=O)[O-]. The van der Waals surface area contributed by atoms with Gasteiger partial charge in [-0.25, -0.2) is 5.06 Å². The number of carbonyl (C=O) groups is 1. The lowest BCUT2D eigenvalue weighted by molar-refractivity contribution is -0.385. The van der Waals surface area contributed by atoms with Crippen LogP contribution in [0.2, 0.25) is 5.02 Å². The highest BCUT2D eigenvalue weighted by Crippen LogP contribution is 2.29. The van der Waals surface area contributed by atoms with Gasteiger partial charge >= 0.3 is 5.69 Å². The van der Waals surface area contributed by atoms with Crippen LogP contribution >= 0.6 is 11.6 Å². The van der Waals surface area contributed by atoms with Crippen LogP contribution in [0.1, 0.15) is 23.7 Å². The van der Waals surface area contributed by atoms with Gasteiger partial charge < -0.3 is 0 Å². The Hall–Kier alpha value is -1.66. The molecule has 0 radical (unpaired) electrons. The van der Waals surface area contributed by atoms with Gasteiger partial charge in [-0.1, -0.05) is 24.6 Å². The Morgan fingerprint density at radius 2 is 2.22 bits per heavy atom. The zero-order valence-electron chi connectivity index (χ0n) is 10.1. The predicted molar refractivity (Wildman–Crippen MR) is 66.4 cm³/mol. The Balaban J connectivity index is 3.20. The van der Waals surface area contributed by atoms with E-state index in [0.717, 1.165) is 5.06 Å². The van der Waals surface area contributed by atoms with Crippen molar-refractivity contribution in [2.45, 2.75) is 13.3 Å². The molecule has 6 nitrogen and oxygen atoms in total. The van der Waals surface area contributed by atoms with Gasteiger partial charge in [-0.2, -0.15) is 0 Å². The fourth-order valence-corrected chi connectivity index (χ4v) is 1.73. The third-order valence-electron chi connectivity index (χ3n) is 2.27. The molecule has 1 aromatic carbocycles. The van der Waals surface area contributed by atoms with Crippen molar-refractivity contribution in [3.63, 3.8) is 0 Å². The molecule has 0 aromatic heterocycles. The summed E-state index contributed by atoms with van der Waals surface area (Å²) >= 11 is 5.74. The van der Waals surface area contributed by atoms with Gasteiger partial charge in [0, 0.05) is 6.54 Å². The predicted octanol–water partition coefficient (Wildman–Crippen LogP) is 2.66. The zero-order chi connectivity index (χ0) is 13.7. The lowest BCUT2D eigenvalue weighted by atomic mass is 10.1. The van der Waals surface area contributed by atoms with Crippen LogP contribution in [0.5, 0.6) is 0 Å². The Bertz CT molecular complexity index is 464. The summed E-state index contributed by atoms with van der Waals surface area (Å²) in [5.74, 6) is -0.575. The highest BCUT2D eigenvalue weighted by molar-refractivity contribution is 6.33. The van der Waals surface area contributed by atoms with Crippen molar-refractivity contribution in [3.8, 4) is 0 Å². The molecule has 1 amide bonds. The second kappa shape index (κ2) is 6.32. The van der Waals surface area contributed by atoms with Crippen molar-refractivity contribution < 1.29 is 14.6 Å². The van der Waals surface area contributed by atoms with Crippen LogP contribution in [-0.2, 0) is 4.84 Å². The van der Waals surface area contributed by atoms with E-state index in [1.165, 1.54) is 25.3 Å². The van der Waals surface area contributed by atoms with Crippen molar-refractivity contribution in [1.82, 2.24) is 5.06 Å². The number of carbonyl (C=O) groups excluding carboxylic acids is 1. The van der Waals surface area contributed by atoms with E-state index < -0.39 is 16.5 Å². The molecule has 7 heteroatoms. The second-order valence-corrected chi connectivity index (χ2v) is 3.89. The van der Waals surface area contributed by atoms with Crippen LogP contribution in [0.3, 0.4) is 0 Å². The van der Waals surface area contributed by atoms with Gasteiger partial charge in [-0.05, 0) is 18.6 Å². The molecule has 1 aromatic rings. The number of nitro groups is 1. The number of rotatable bonds is 5. The smallest absolute Gasteiger partial charge is 0.274 e. The van der Waals surface area contributed by atoms with Crippen LogP contribution in [0.15, 0.2) is 18.2 Å². The lowest BCUT2D eigenvalue weighted by Gasteiger charge is -2.18. The molecule has 0 saturated heterocycles. The molecule has 0 aliphatic carbocycles. The molecule has 0 unspecified atom stereocenters. The molecule has 0 N–H and O–H groups in total. The monoisotopic (exact) mass is 272 g/mol. The molecular weight excluding hydrogens is 260 g/mol. The van der Waals surface area contributed by atoms with Crippen LogP contribution in [0, 0.1) is 10.1 Å². The van der Waals surface area contributed by atoms with E-state index >= 15 is 0 Å². The van der Waals surface area contributed by atoms with Crippen LogP contribution < -0.4 is 0 Å². The first-order chi connectivity index (χ1) is 8.52. The Kier molecular flexibility index (Phi) is 5.06. The Labute approximate surface area is 109 Å². The number of para-hydroxylation sites is 1. The zero-order valence-corrected chi connectivity index (χ0v) is 10.8. The van der Waals surface area contributed by atoms with E-state index in [4.69, 9.17) is 16.4 Å². The molecule has 18 heavy (non-hydrogen) atoms. The van der Waals surface area contributed by atoms with E-state index in [1.54, 1.807) is 0 Å². The van der Waals surface area contributed by atoms with E-state index in [1.807, 2.05) is 6.92 Å². The van der Waals surface area contributed by atoms with Gasteiger partial charge in [0.25, 0.3) is 5.91 Å². The highest BCUT2D eigenvalue weighted by atomic mass is 35.5. The van der Waals surface area contributed by atoms with Crippen molar-refractivity contribution in [2.75, 3.05) is 13.7 Å². The first-order valence-corrected chi connectivity index (χ1v) is 5.69. The number of nitro benzene ring substituents is 1. The summed E-state index contributed by atoms with van der Waals surface area (Å²) in [5, 5.41) is 11.9. The Morgan fingerprint density at radius 1 is 1.56 bits per heavy atom. The summed E-state index contributed by atoms with van der Waals surface area (Å²) in [6.45, 7) is 2.21. The molecule has 1 rings (SSSR count). The largest absolute Gasteiger partial charge is 0.300 e. The normalized spacial score (nSPS) is 10.2. The number of hydrogen-bond donors (Lipinski definition) is 0. The van der Waals surface area contributed by atoms with Crippen LogP contribution in [0.25, 0.3) is 0 Å². The maximum Gasteiger partial charge on any atom is 0.300 e. The number of hydrogen-bond acceptors (Lipinski definition) is 4. The van der Waals surface area contributed by atoms with E-state index in [0.29, 0.717) is 13.0 Å². The minimum atomic E-state index is -0.671. The van der Waals surface area contributed by atoms with Crippen molar-refractivity contribution in [1.29, 1.82) is 0 Å². The summed E-state index contributed by atoms with van der Waals surface area (Å²) in [7, 11) is 1.34. The van der Waals surface area contributed by atoms with Crippen molar-refractivity contribution >= 4 is 23.2 Å². The molecule has 0 aliphatic rings. The average molecular weight is 273 g/mol. The first-order valence-electron chi connectivity index (χ1n) is 5.31. The molecule has 0 spiro atoms. The maximum absolute atomic E-state index is 12.1. The van der Waals surface area contributed by atoms with Gasteiger partial charge in [-0.3, -0.25) is 19.7 Å². The second-order valence-electron chi connectivity index (χ2n) is 3.48. The summed E-state index contributed by atoms with van der Waals surface area (Å²) < 4.78 is 0. The number of hydroxylamine groups is 2. The number of nitrogens with zero attached hydrogens (tertiary/aromatic N) is 2. The van der Waals surface area contributed by atoms with E-state index in [-0.39, 0.29) is 10.6 Å². The quantitative estimate of drug-likeness (QED) is 0.610. The molecule has 0 atom stereocenters. The average Bonchev–Trinajstić information content (AvgIpc) is 2.34. The topological polar surface area (TPSA) is 72.7 Å². The molecule has 0 fully saturated rings. The van der Waals surface area contributed by atoms with Crippen LogP contribution in [0.4, 0.5) is 5.69 Å². The fraction of sp³-hybridized carbons (Fsp3) is 0.364. The fourth-order valence-electron chi connectivity index (χ4n) is 1.49. The van der Waals surface area contributed by atoms with Crippen molar-refractivity contribution in [2.24, 2.45) is 0 Å². The van der Waals surface area contributed by atoms with Gasteiger partial charge in [0.05, 0.1) is 12.0 Å². The molecule has 0 bridgehead atoms. The highest BCUT2D eigenvalue weighted by Gasteiger charge is 2.27. The summed E-state index contributed by atoms with van der Waals surface area (Å²) in [6, 6.07) is 4.21. The van der Waals surface area contributed by atoms with E-state index in [2.05, 4.69) is 0 Å². The van der Waals surface area contributed by atoms with Crippen molar-refractivity contribution in [3.05, 3.63) is 38.9 Å². The van der Waals surface area contributed by atoms with Gasteiger partial charge in [-0.15, -0.1) is 0 Å². The summed E-state index contributed by atoms with van der Waals surface area (Å²) in [6.07, 6.45) is 0.675. The molecule has 0 aliphatic heterocycles. The minimum absolute atomic E-state index is 0.0709. The first kappa shape index (κ1) is 14.4. The molecule has 0 saturated carbocycles. The minimum Gasteiger partial charge on any atom is -0.274 e.